The summed E-state index contributed by atoms with van der Waals surface area (Å²) in [5.74, 6) is 0. The lowest BCUT2D eigenvalue weighted by Gasteiger charge is -2.37. The van der Waals surface area contributed by atoms with E-state index in [1.165, 1.54) is 0 Å². The van der Waals surface area contributed by atoms with Crippen molar-refractivity contribution in [3.63, 3.8) is 0 Å². The molecular formula is C31H31ClN6O2. The van der Waals surface area contributed by atoms with E-state index < -0.39 is 5.60 Å². The number of aromatic nitrogens is 4. The lowest BCUT2D eigenvalue weighted by atomic mass is 9.98. The number of fused-ring (bicyclic) bond motifs is 2. The van der Waals surface area contributed by atoms with E-state index >= 15 is 0 Å². The summed E-state index contributed by atoms with van der Waals surface area (Å²) in [5.41, 5.74) is 6.92. The number of pyridine rings is 1. The van der Waals surface area contributed by atoms with Gasteiger partial charge in [-0.15, -0.1) is 0 Å². The number of carbonyl (C=O) groups is 1. The molecule has 0 bridgehead atoms. The van der Waals surface area contributed by atoms with Crippen molar-refractivity contribution in [2.24, 2.45) is 0 Å². The highest BCUT2D eigenvalue weighted by Crippen LogP contribution is 2.32. The summed E-state index contributed by atoms with van der Waals surface area (Å²) in [6.07, 6.45) is 3.34. The summed E-state index contributed by atoms with van der Waals surface area (Å²) in [6, 6.07) is 18.0. The second kappa shape index (κ2) is 10.2. The molecule has 9 heteroatoms. The maximum absolute atomic E-state index is 12.9. The topological polar surface area (TPSA) is 84.7 Å². The number of halogens is 1. The minimum atomic E-state index is -0.537. The normalized spacial score (nSPS) is 16.0. The Bertz CT molecular complexity index is 1720. The van der Waals surface area contributed by atoms with Crippen LogP contribution in [0.1, 0.15) is 38.1 Å². The molecule has 1 N–H and O–H groups in total. The van der Waals surface area contributed by atoms with Crippen molar-refractivity contribution < 1.29 is 9.53 Å². The second-order valence-electron chi connectivity index (χ2n) is 11.1. The Morgan fingerprint density at radius 1 is 1.05 bits per heavy atom. The van der Waals surface area contributed by atoms with Gasteiger partial charge in [-0.3, -0.25) is 9.88 Å². The van der Waals surface area contributed by atoms with Crippen molar-refractivity contribution in [1.29, 1.82) is 0 Å². The molecule has 1 saturated heterocycles. The summed E-state index contributed by atoms with van der Waals surface area (Å²) in [6.45, 7) is 9.70. The van der Waals surface area contributed by atoms with Crippen LogP contribution in [0.25, 0.3) is 38.9 Å². The average molecular weight is 555 g/mol. The smallest absolute Gasteiger partial charge is 0.410 e. The summed E-state index contributed by atoms with van der Waals surface area (Å²) in [5, 5.41) is 9.97. The monoisotopic (exact) mass is 554 g/mol. The van der Waals surface area contributed by atoms with E-state index in [4.69, 9.17) is 21.4 Å². The Kier molecular flexibility index (Phi) is 6.68. The van der Waals surface area contributed by atoms with Gasteiger partial charge in [-0.1, -0.05) is 41.9 Å². The van der Waals surface area contributed by atoms with Crippen LogP contribution in [0.4, 0.5) is 4.79 Å². The molecule has 8 nitrogen and oxygen atoms in total. The molecule has 0 aliphatic carbocycles. The first-order valence-electron chi connectivity index (χ1n) is 13.4. The SMILES string of the molecule is Cc1nn2c(-c3ccnc4cc(Cl)ccc34)cnc2cc1-c1ccc(C2CNCCN2C(=O)OC(C)(C)C)cc1. The second-order valence-corrected chi connectivity index (χ2v) is 11.5. The predicted molar refractivity (Wildman–Crippen MR) is 157 cm³/mol. The van der Waals surface area contributed by atoms with Crippen molar-refractivity contribution >= 4 is 34.2 Å². The molecule has 3 aromatic heterocycles. The van der Waals surface area contributed by atoms with Crippen molar-refractivity contribution in [1.82, 2.24) is 29.8 Å². The molecule has 0 saturated carbocycles. The number of imidazole rings is 1. The number of carbonyl (C=O) groups excluding carboxylic acids is 1. The first-order valence-corrected chi connectivity index (χ1v) is 13.8. The van der Waals surface area contributed by atoms with Gasteiger partial charge in [0.25, 0.3) is 0 Å². The van der Waals surface area contributed by atoms with Gasteiger partial charge in [-0.05, 0) is 63.1 Å². The number of hydrogen-bond donors (Lipinski definition) is 1. The molecule has 0 spiro atoms. The van der Waals surface area contributed by atoms with Gasteiger partial charge in [-0.2, -0.15) is 5.10 Å². The average Bonchev–Trinajstić information content (AvgIpc) is 3.33. The van der Waals surface area contributed by atoms with Crippen LogP contribution in [0.2, 0.25) is 5.02 Å². The Balaban J connectivity index is 1.31. The molecule has 40 heavy (non-hydrogen) atoms. The van der Waals surface area contributed by atoms with Gasteiger partial charge >= 0.3 is 6.09 Å². The Morgan fingerprint density at radius 3 is 2.62 bits per heavy atom. The Labute approximate surface area is 238 Å². The molecule has 204 valence electrons. The van der Waals surface area contributed by atoms with Crippen molar-refractivity contribution in [3.8, 4) is 22.4 Å². The van der Waals surface area contributed by atoms with Crippen molar-refractivity contribution in [2.75, 3.05) is 19.6 Å². The lowest BCUT2D eigenvalue weighted by Crippen LogP contribution is -2.50. The van der Waals surface area contributed by atoms with E-state index in [-0.39, 0.29) is 12.1 Å². The van der Waals surface area contributed by atoms with Crippen LogP contribution >= 0.6 is 11.6 Å². The number of benzene rings is 2. The third kappa shape index (κ3) is 5.00. The quantitative estimate of drug-likeness (QED) is 0.276. The molecule has 1 atom stereocenters. The minimum absolute atomic E-state index is 0.0979. The van der Waals surface area contributed by atoms with E-state index in [0.717, 1.165) is 56.7 Å². The molecule has 1 aliphatic rings. The fourth-order valence-electron chi connectivity index (χ4n) is 5.25. The van der Waals surface area contributed by atoms with Crippen molar-refractivity contribution in [2.45, 2.75) is 39.3 Å². The zero-order valence-corrected chi connectivity index (χ0v) is 23.7. The first kappa shape index (κ1) is 26.2. The first-order chi connectivity index (χ1) is 19.2. The molecular weight excluding hydrogens is 524 g/mol. The van der Waals surface area contributed by atoms with E-state index in [0.29, 0.717) is 18.1 Å². The number of hydrogen-bond acceptors (Lipinski definition) is 6. The van der Waals surface area contributed by atoms with E-state index in [2.05, 4.69) is 45.6 Å². The minimum Gasteiger partial charge on any atom is -0.444 e. The van der Waals surface area contributed by atoms with Crippen LogP contribution in [-0.2, 0) is 4.74 Å². The van der Waals surface area contributed by atoms with Gasteiger partial charge in [0.1, 0.15) is 5.60 Å². The lowest BCUT2D eigenvalue weighted by molar-refractivity contribution is 0.0118. The number of nitrogens with one attached hydrogen (secondary N) is 1. The van der Waals surface area contributed by atoms with Gasteiger partial charge < -0.3 is 10.1 Å². The third-order valence-corrected chi connectivity index (χ3v) is 7.37. The molecule has 6 rings (SSSR count). The van der Waals surface area contributed by atoms with Gasteiger partial charge in [-0.25, -0.2) is 14.3 Å². The highest BCUT2D eigenvalue weighted by molar-refractivity contribution is 6.31. The van der Waals surface area contributed by atoms with Crippen LogP contribution in [0, 0.1) is 6.92 Å². The van der Waals surface area contributed by atoms with Crippen LogP contribution in [0.15, 0.2) is 67.0 Å². The predicted octanol–water partition coefficient (Wildman–Crippen LogP) is 6.45. The molecule has 5 aromatic rings. The van der Waals surface area contributed by atoms with E-state index in [1.807, 2.05) is 67.6 Å². The summed E-state index contributed by atoms with van der Waals surface area (Å²) in [7, 11) is 0. The highest BCUT2D eigenvalue weighted by atomic mass is 35.5. The Morgan fingerprint density at radius 2 is 1.85 bits per heavy atom. The molecule has 1 amide bonds. The summed E-state index contributed by atoms with van der Waals surface area (Å²) in [4.78, 5) is 23.9. The fraction of sp³-hybridized carbons (Fsp3) is 0.290. The summed E-state index contributed by atoms with van der Waals surface area (Å²) < 4.78 is 7.55. The maximum atomic E-state index is 12.9. The maximum Gasteiger partial charge on any atom is 0.410 e. The van der Waals surface area contributed by atoms with Gasteiger partial charge in [0.2, 0.25) is 0 Å². The van der Waals surface area contributed by atoms with Gasteiger partial charge in [0, 0.05) is 47.4 Å². The fourth-order valence-corrected chi connectivity index (χ4v) is 5.41. The zero-order valence-electron chi connectivity index (χ0n) is 23.0. The molecule has 4 heterocycles. The summed E-state index contributed by atoms with van der Waals surface area (Å²) >= 11 is 6.19. The van der Waals surface area contributed by atoms with E-state index in [1.54, 1.807) is 6.20 Å². The highest BCUT2D eigenvalue weighted by Gasteiger charge is 2.31. The zero-order chi connectivity index (χ0) is 28.0. The number of aryl methyl sites for hydroxylation is 1. The molecule has 1 aliphatic heterocycles. The molecule has 2 aromatic carbocycles. The van der Waals surface area contributed by atoms with Crippen LogP contribution < -0.4 is 5.32 Å². The van der Waals surface area contributed by atoms with Crippen LogP contribution in [0.5, 0.6) is 0 Å². The van der Waals surface area contributed by atoms with E-state index in [9.17, 15) is 4.79 Å². The molecule has 0 radical (unpaired) electrons. The third-order valence-electron chi connectivity index (χ3n) is 7.14. The molecule has 1 unspecified atom stereocenters. The van der Waals surface area contributed by atoms with Gasteiger partial charge in [0.05, 0.1) is 29.1 Å². The molecule has 1 fully saturated rings. The number of ether oxygens (including phenoxy) is 1. The van der Waals surface area contributed by atoms with Crippen molar-refractivity contribution in [3.05, 3.63) is 83.3 Å². The standard InChI is InChI=1S/C31H31ClN6O2/c1-19-25(20-5-7-21(8-6-20)27-17-33-13-14-37(27)30(39)40-31(2,3)4)16-29-35-18-28(38(29)36-19)24-11-12-34-26-15-22(32)9-10-23(24)26/h5-12,15-16,18,27,33H,13-14,17H2,1-4H3. The number of amides is 1. The number of rotatable bonds is 3. The largest absolute Gasteiger partial charge is 0.444 e. The van der Waals surface area contributed by atoms with Crippen LogP contribution in [-0.4, -0.2) is 55.8 Å². The van der Waals surface area contributed by atoms with Crippen LogP contribution in [0.3, 0.4) is 0 Å². The number of piperazine rings is 1. The number of nitrogens with zero attached hydrogens (tertiary/aromatic N) is 5. The van der Waals surface area contributed by atoms with Gasteiger partial charge in [0.15, 0.2) is 5.65 Å². The Hall–Kier alpha value is -4.01.